The quantitative estimate of drug-likeness (QED) is 0.635. The highest BCUT2D eigenvalue weighted by atomic mass is 16.5. The van der Waals surface area contributed by atoms with E-state index in [1.165, 1.54) is 7.11 Å². The lowest BCUT2D eigenvalue weighted by atomic mass is 10.0. The maximum Gasteiger partial charge on any atom is 0.220 e. The first-order chi connectivity index (χ1) is 13.5. The third-order valence-electron chi connectivity index (χ3n) is 4.42. The molecule has 2 aromatic carbocycles. The van der Waals surface area contributed by atoms with Gasteiger partial charge in [-0.25, -0.2) is 0 Å². The Hall–Kier alpha value is -3.02. The first kappa shape index (κ1) is 21.3. The molecule has 2 aromatic rings. The fourth-order valence-corrected chi connectivity index (χ4v) is 2.87. The number of hydrogen-bond donors (Lipinski definition) is 1. The first-order valence-corrected chi connectivity index (χ1v) is 9.14. The van der Waals surface area contributed by atoms with E-state index in [0.717, 1.165) is 11.1 Å². The van der Waals surface area contributed by atoms with Crippen molar-refractivity contribution in [1.82, 2.24) is 5.32 Å². The molecule has 6 nitrogen and oxygen atoms in total. The van der Waals surface area contributed by atoms with Gasteiger partial charge in [0.1, 0.15) is 5.75 Å². The molecule has 0 aliphatic heterocycles. The highest BCUT2D eigenvalue weighted by Crippen LogP contribution is 2.27. The van der Waals surface area contributed by atoms with Gasteiger partial charge in [0, 0.05) is 19.4 Å². The second-order valence-electron chi connectivity index (χ2n) is 6.42. The lowest BCUT2D eigenvalue weighted by molar-refractivity contribution is -0.121. The largest absolute Gasteiger partial charge is 0.496 e. The van der Waals surface area contributed by atoms with E-state index in [1.54, 1.807) is 26.4 Å². The van der Waals surface area contributed by atoms with Crippen molar-refractivity contribution in [3.63, 3.8) is 0 Å². The van der Waals surface area contributed by atoms with Crippen LogP contribution >= 0.6 is 0 Å². The van der Waals surface area contributed by atoms with Gasteiger partial charge >= 0.3 is 0 Å². The van der Waals surface area contributed by atoms with Crippen LogP contribution in [0, 0.1) is 6.92 Å². The van der Waals surface area contributed by atoms with Gasteiger partial charge in [-0.2, -0.15) is 0 Å². The highest BCUT2D eigenvalue weighted by molar-refractivity contribution is 6.00. The number of carbonyl (C=O) groups is 2. The zero-order chi connectivity index (χ0) is 20.5. The van der Waals surface area contributed by atoms with Gasteiger partial charge in [-0.05, 0) is 43.2 Å². The third-order valence-corrected chi connectivity index (χ3v) is 4.42. The number of hydrogen-bond acceptors (Lipinski definition) is 5. The van der Waals surface area contributed by atoms with E-state index in [9.17, 15) is 9.59 Å². The Morgan fingerprint density at radius 3 is 2.21 bits per heavy atom. The van der Waals surface area contributed by atoms with Crippen molar-refractivity contribution in [3.8, 4) is 17.2 Å². The molecule has 0 atom stereocenters. The molecule has 0 radical (unpaired) electrons. The van der Waals surface area contributed by atoms with E-state index >= 15 is 0 Å². The van der Waals surface area contributed by atoms with E-state index in [-0.39, 0.29) is 24.5 Å². The number of amides is 1. The molecule has 0 bridgehead atoms. The number of Topliss-reactive ketones (excluding diaryl/α,β-unsaturated/α-hetero) is 1. The lowest BCUT2D eigenvalue weighted by Crippen LogP contribution is -2.26. The molecule has 150 valence electrons. The molecule has 0 aromatic heterocycles. The van der Waals surface area contributed by atoms with Crippen molar-refractivity contribution in [2.24, 2.45) is 0 Å². The van der Waals surface area contributed by atoms with Crippen molar-refractivity contribution in [3.05, 3.63) is 53.1 Å². The summed E-state index contributed by atoms with van der Waals surface area (Å²) in [4.78, 5) is 24.5. The minimum absolute atomic E-state index is 0.101. The number of ether oxygens (including phenoxy) is 3. The summed E-state index contributed by atoms with van der Waals surface area (Å²) >= 11 is 0. The fraction of sp³-hybridized carbons (Fsp3) is 0.364. The summed E-state index contributed by atoms with van der Waals surface area (Å²) in [7, 11) is 4.71. The standard InChI is InChI=1S/C22H27NO5/c1-15-5-8-19(26-2)17(13-15)18(24)7-10-22(25)23-12-11-16-6-9-20(27-3)21(14-16)28-4/h5-6,8-9,13-14H,7,10-12H2,1-4H3,(H,23,25). The third kappa shape index (κ3) is 5.74. The van der Waals surface area contributed by atoms with Crippen LogP contribution in [0.3, 0.4) is 0 Å². The van der Waals surface area contributed by atoms with E-state index in [0.29, 0.717) is 35.8 Å². The summed E-state index contributed by atoms with van der Waals surface area (Å²) in [6.45, 7) is 2.40. The topological polar surface area (TPSA) is 73.9 Å². The number of rotatable bonds is 10. The molecule has 1 N–H and O–H groups in total. The number of methoxy groups -OCH3 is 3. The van der Waals surface area contributed by atoms with Crippen molar-refractivity contribution >= 4 is 11.7 Å². The van der Waals surface area contributed by atoms with E-state index < -0.39 is 0 Å². The molecule has 0 fully saturated rings. The highest BCUT2D eigenvalue weighted by Gasteiger charge is 2.14. The first-order valence-electron chi connectivity index (χ1n) is 9.14. The molecule has 0 aliphatic carbocycles. The van der Waals surface area contributed by atoms with Crippen LogP contribution in [0.4, 0.5) is 0 Å². The zero-order valence-corrected chi connectivity index (χ0v) is 16.8. The fourth-order valence-electron chi connectivity index (χ4n) is 2.87. The smallest absolute Gasteiger partial charge is 0.220 e. The SMILES string of the molecule is COc1ccc(CCNC(=O)CCC(=O)c2cc(C)ccc2OC)cc1OC. The summed E-state index contributed by atoms with van der Waals surface area (Å²) < 4.78 is 15.7. The maximum absolute atomic E-state index is 12.4. The summed E-state index contributed by atoms with van der Waals surface area (Å²) in [5.74, 6) is 1.60. The Labute approximate surface area is 165 Å². The summed E-state index contributed by atoms with van der Waals surface area (Å²) in [5.41, 5.74) is 2.52. The minimum atomic E-state index is -0.152. The van der Waals surface area contributed by atoms with Crippen LogP contribution in [-0.2, 0) is 11.2 Å². The molecule has 2 rings (SSSR count). The molecular weight excluding hydrogens is 358 g/mol. The Morgan fingerprint density at radius 1 is 0.857 bits per heavy atom. The normalized spacial score (nSPS) is 10.3. The van der Waals surface area contributed by atoms with Gasteiger partial charge in [0.25, 0.3) is 0 Å². The van der Waals surface area contributed by atoms with Gasteiger partial charge in [-0.3, -0.25) is 9.59 Å². The number of nitrogens with one attached hydrogen (secondary N) is 1. The van der Waals surface area contributed by atoms with Crippen molar-refractivity contribution in [1.29, 1.82) is 0 Å². The number of ketones is 1. The predicted molar refractivity (Wildman–Crippen MR) is 108 cm³/mol. The van der Waals surface area contributed by atoms with Gasteiger partial charge < -0.3 is 19.5 Å². The average Bonchev–Trinajstić information content (AvgIpc) is 2.71. The Bertz CT molecular complexity index is 832. The zero-order valence-electron chi connectivity index (χ0n) is 16.8. The second kappa shape index (κ2) is 10.3. The van der Waals surface area contributed by atoms with Crippen LogP contribution in [0.2, 0.25) is 0 Å². The van der Waals surface area contributed by atoms with Crippen molar-refractivity contribution in [2.45, 2.75) is 26.2 Å². The molecule has 0 aliphatic rings. The van der Waals surface area contributed by atoms with E-state index in [2.05, 4.69) is 5.32 Å². The minimum Gasteiger partial charge on any atom is -0.496 e. The molecule has 0 unspecified atom stereocenters. The van der Waals surface area contributed by atoms with E-state index in [1.807, 2.05) is 31.2 Å². The van der Waals surface area contributed by atoms with Crippen LogP contribution in [0.1, 0.15) is 34.3 Å². The van der Waals surface area contributed by atoms with Gasteiger partial charge in [0.2, 0.25) is 5.91 Å². The van der Waals surface area contributed by atoms with E-state index in [4.69, 9.17) is 14.2 Å². The van der Waals surface area contributed by atoms with Gasteiger partial charge in [0.05, 0.1) is 26.9 Å². The monoisotopic (exact) mass is 385 g/mol. The summed E-state index contributed by atoms with van der Waals surface area (Å²) in [6.07, 6.45) is 0.940. The number of aryl methyl sites for hydroxylation is 1. The van der Waals surface area contributed by atoms with Gasteiger partial charge in [-0.15, -0.1) is 0 Å². The van der Waals surface area contributed by atoms with Crippen LogP contribution in [0.15, 0.2) is 36.4 Å². The molecule has 6 heteroatoms. The predicted octanol–water partition coefficient (Wildman–Crippen LogP) is 3.34. The van der Waals surface area contributed by atoms with Crippen molar-refractivity contribution in [2.75, 3.05) is 27.9 Å². The Kier molecular flexibility index (Phi) is 7.87. The molecule has 0 saturated carbocycles. The maximum atomic E-state index is 12.4. The average molecular weight is 385 g/mol. The summed E-state index contributed by atoms with van der Waals surface area (Å²) in [5, 5.41) is 2.85. The lowest BCUT2D eigenvalue weighted by Gasteiger charge is -2.10. The second-order valence-corrected chi connectivity index (χ2v) is 6.42. The molecule has 0 saturated heterocycles. The number of carbonyl (C=O) groups excluding carboxylic acids is 2. The number of benzene rings is 2. The van der Waals surface area contributed by atoms with Crippen LogP contribution < -0.4 is 19.5 Å². The molecule has 0 spiro atoms. The Morgan fingerprint density at radius 2 is 1.54 bits per heavy atom. The van der Waals surface area contributed by atoms with Gasteiger partial charge in [0.15, 0.2) is 17.3 Å². The van der Waals surface area contributed by atoms with Crippen LogP contribution in [-0.4, -0.2) is 39.6 Å². The molecule has 1 amide bonds. The molecular formula is C22H27NO5. The Balaban J connectivity index is 1.82. The van der Waals surface area contributed by atoms with Crippen LogP contribution in [0.25, 0.3) is 0 Å². The van der Waals surface area contributed by atoms with Gasteiger partial charge in [-0.1, -0.05) is 17.7 Å². The summed E-state index contributed by atoms with van der Waals surface area (Å²) in [6, 6.07) is 11.1. The molecule has 0 heterocycles. The molecule has 28 heavy (non-hydrogen) atoms. The van der Waals surface area contributed by atoms with Crippen molar-refractivity contribution < 1.29 is 23.8 Å². The van der Waals surface area contributed by atoms with Crippen LogP contribution in [0.5, 0.6) is 17.2 Å².